The lowest BCUT2D eigenvalue weighted by Crippen LogP contribution is -2.36. The monoisotopic (exact) mass is 383 g/mol. The van der Waals surface area contributed by atoms with Crippen molar-refractivity contribution in [3.63, 3.8) is 0 Å². The molecule has 1 aromatic heterocycles. The maximum Gasteiger partial charge on any atom is 0.307 e. The molecule has 1 aliphatic carbocycles. The van der Waals surface area contributed by atoms with Crippen LogP contribution in [0.4, 0.5) is 4.39 Å². The summed E-state index contributed by atoms with van der Waals surface area (Å²) in [5, 5.41) is 9.10. The lowest BCUT2D eigenvalue weighted by atomic mass is 9.92. The lowest BCUT2D eigenvalue weighted by molar-refractivity contribution is -0.136. The van der Waals surface area contributed by atoms with E-state index in [1.54, 1.807) is 13.0 Å². The Morgan fingerprint density at radius 1 is 1.48 bits per heavy atom. The number of allylic oxidation sites excluding steroid dienone is 2. The Bertz CT molecular complexity index is 855. The van der Waals surface area contributed by atoms with E-state index >= 15 is 0 Å². The molecule has 1 aromatic rings. The molecule has 1 aliphatic heterocycles. The van der Waals surface area contributed by atoms with Crippen LogP contribution in [0.15, 0.2) is 45.8 Å². The molecule has 1 unspecified atom stereocenters. The van der Waals surface area contributed by atoms with E-state index in [2.05, 4.69) is 0 Å². The minimum atomic E-state index is -1.02. The van der Waals surface area contributed by atoms with Crippen LogP contribution in [-0.2, 0) is 9.53 Å². The molecular formula is C17H15ClFNO4S. The highest BCUT2D eigenvalue weighted by Gasteiger charge is 2.42. The van der Waals surface area contributed by atoms with Crippen LogP contribution in [0.3, 0.4) is 0 Å². The van der Waals surface area contributed by atoms with Gasteiger partial charge in [0.25, 0.3) is 5.91 Å². The molecule has 1 N–H and O–H groups in total. The second-order valence-electron chi connectivity index (χ2n) is 5.67. The summed E-state index contributed by atoms with van der Waals surface area (Å²) in [7, 11) is 1.48. The molecule has 1 amide bonds. The summed E-state index contributed by atoms with van der Waals surface area (Å²) in [6, 6.07) is 2.24. The van der Waals surface area contributed by atoms with E-state index in [4.69, 9.17) is 16.3 Å². The second kappa shape index (κ2) is 6.65. The summed E-state index contributed by atoms with van der Waals surface area (Å²) in [5.41, 5.74) is 1.60. The first kappa shape index (κ1) is 17.7. The number of amides is 1. The van der Waals surface area contributed by atoms with Crippen LogP contribution in [0.5, 0.6) is 0 Å². The van der Waals surface area contributed by atoms with Crippen molar-refractivity contribution < 1.29 is 23.8 Å². The standard InChI is InChI=1S/C17H15ClFNO4S/c1-8-9(7-14(21)22)15-10(3-4-11(24-2)16(15)18)20(8)17(23)12-5-6-13(19)25-12/h4-6,10H,3,7H2,1-2H3,(H,21,22). The number of nitrogens with zero attached hydrogens (tertiary/aromatic N) is 1. The van der Waals surface area contributed by atoms with E-state index in [9.17, 15) is 19.1 Å². The van der Waals surface area contributed by atoms with Gasteiger partial charge >= 0.3 is 5.97 Å². The molecule has 2 aliphatic rings. The molecule has 0 aromatic carbocycles. The van der Waals surface area contributed by atoms with Gasteiger partial charge in [-0.15, -0.1) is 11.3 Å². The fourth-order valence-corrected chi connectivity index (χ4v) is 4.30. The van der Waals surface area contributed by atoms with Crippen molar-refractivity contribution in [3.8, 4) is 0 Å². The average molecular weight is 384 g/mol. The van der Waals surface area contributed by atoms with Gasteiger partial charge in [0.2, 0.25) is 0 Å². The number of rotatable bonds is 4. The number of ether oxygens (including phenoxy) is 1. The Morgan fingerprint density at radius 2 is 2.20 bits per heavy atom. The molecule has 0 radical (unpaired) electrons. The summed E-state index contributed by atoms with van der Waals surface area (Å²) < 4.78 is 18.5. The summed E-state index contributed by atoms with van der Waals surface area (Å²) in [5.74, 6) is -0.928. The maximum atomic E-state index is 13.3. The fourth-order valence-electron chi connectivity index (χ4n) is 3.24. The Hall–Kier alpha value is -2.12. The van der Waals surface area contributed by atoms with Crippen molar-refractivity contribution in [2.24, 2.45) is 0 Å². The zero-order valence-corrected chi connectivity index (χ0v) is 15.1. The van der Waals surface area contributed by atoms with Crippen LogP contribution in [-0.4, -0.2) is 35.0 Å². The molecule has 0 bridgehead atoms. The number of methoxy groups -OCH3 is 1. The highest BCUT2D eigenvalue weighted by molar-refractivity contribution is 7.12. The number of hydrogen-bond donors (Lipinski definition) is 1. The summed E-state index contributed by atoms with van der Waals surface area (Å²) >= 11 is 7.17. The molecule has 0 saturated carbocycles. The van der Waals surface area contributed by atoms with Gasteiger partial charge in [0.15, 0.2) is 5.13 Å². The van der Waals surface area contributed by atoms with Crippen LogP contribution in [0.1, 0.15) is 29.4 Å². The second-order valence-corrected chi connectivity index (χ2v) is 7.08. The molecule has 1 atom stereocenters. The minimum Gasteiger partial charge on any atom is -0.496 e. The average Bonchev–Trinajstić information content (AvgIpc) is 3.10. The zero-order chi connectivity index (χ0) is 18.3. The van der Waals surface area contributed by atoms with Gasteiger partial charge in [-0.2, -0.15) is 4.39 Å². The van der Waals surface area contributed by atoms with E-state index in [0.717, 1.165) is 11.3 Å². The lowest BCUT2D eigenvalue weighted by Gasteiger charge is -2.29. The summed E-state index contributed by atoms with van der Waals surface area (Å²) in [6.45, 7) is 1.68. The predicted octanol–water partition coefficient (Wildman–Crippen LogP) is 3.89. The first-order valence-corrected chi connectivity index (χ1v) is 8.69. The van der Waals surface area contributed by atoms with E-state index < -0.39 is 17.1 Å². The quantitative estimate of drug-likeness (QED) is 0.856. The third-order valence-corrected chi connectivity index (χ3v) is 5.55. The van der Waals surface area contributed by atoms with Crippen molar-refractivity contribution in [2.45, 2.75) is 25.8 Å². The van der Waals surface area contributed by atoms with Gasteiger partial charge in [0.05, 0.1) is 29.5 Å². The number of aliphatic carboxylic acids is 1. The minimum absolute atomic E-state index is 0.255. The van der Waals surface area contributed by atoms with Crippen molar-refractivity contribution in [1.82, 2.24) is 4.90 Å². The normalized spacial score (nSPS) is 19.9. The zero-order valence-electron chi connectivity index (χ0n) is 13.5. The van der Waals surface area contributed by atoms with Gasteiger partial charge in [-0.1, -0.05) is 11.6 Å². The Labute approximate surface area is 152 Å². The Kier molecular flexibility index (Phi) is 4.71. The van der Waals surface area contributed by atoms with E-state index in [1.807, 2.05) is 0 Å². The predicted molar refractivity (Wildman–Crippen MR) is 91.8 cm³/mol. The first-order valence-electron chi connectivity index (χ1n) is 7.50. The molecule has 0 saturated heterocycles. The number of hydrogen-bond acceptors (Lipinski definition) is 4. The summed E-state index contributed by atoms with van der Waals surface area (Å²) in [4.78, 5) is 25.9. The van der Waals surface area contributed by atoms with Gasteiger partial charge in [-0.05, 0) is 37.1 Å². The third-order valence-electron chi connectivity index (χ3n) is 4.30. The fraction of sp³-hybridized carbons (Fsp3) is 0.294. The van der Waals surface area contributed by atoms with Gasteiger partial charge in [-0.25, -0.2) is 0 Å². The molecular weight excluding hydrogens is 369 g/mol. The Balaban J connectivity index is 2.09. The van der Waals surface area contributed by atoms with Gasteiger partial charge in [0.1, 0.15) is 5.76 Å². The van der Waals surface area contributed by atoms with Gasteiger partial charge in [-0.3, -0.25) is 9.59 Å². The number of carboxylic acid groups (broad SMARTS) is 1. The number of fused-ring (bicyclic) bond motifs is 1. The van der Waals surface area contributed by atoms with Crippen LogP contribution in [0, 0.1) is 5.13 Å². The third kappa shape index (κ3) is 2.98. The topological polar surface area (TPSA) is 66.8 Å². The highest BCUT2D eigenvalue weighted by Crippen LogP contribution is 2.45. The van der Waals surface area contributed by atoms with Gasteiger partial charge < -0.3 is 14.7 Å². The largest absolute Gasteiger partial charge is 0.496 e. The van der Waals surface area contributed by atoms with E-state index in [-0.39, 0.29) is 17.2 Å². The molecule has 25 heavy (non-hydrogen) atoms. The van der Waals surface area contributed by atoms with Crippen molar-refractivity contribution in [2.75, 3.05) is 7.11 Å². The molecule has 0 fully saturated rings. The molecule has 0 spiro atoms. The molecule has 2 heterocycles. The van der Waals surface area contributed by atoms with Gasteiger partial charge in [0, 0.05) is 11.3 Å². The Morgan fingerprint density at radius 3 is 2.76 bits per heavy atom. The smallest absolute Gasteiger partial charge is 0.307 e. The maximum absolute atomic E-state index is 13.3. The molecule has 5 nitrogen and oxygen atoms in total. The van der Waals surface area contributed by atoms with Crippen molar-refractivity contribution in [1.29, 1.82) is 0 Å². The number of thiophene rings is 1. The van der Waals surface area contributed by atoms with Crippen LogP contribution < -0.4 is 0 Å². The summed E-state index contributed by atoms with van der Waals surface area (Å²) in [6.07, 6.45) is 1.95. The number of carboxylic acids is 1. The molecule has 8 heteroatoms. The SMILES string of the molecule is COC1=CCC2C(=C1Cl)C(CC(=O)O)=C(C)N2C(=O)c1ccc(F)s1. The number of halogens is 2. The number of carbonyl (C=O) groups excluding carboxylic acids is 1. The first-order chi connectivity index (χ1) is 11.8. The van der Waals surface area contributed by atoms with E-state index in [0.29, 0.717) is 34.1 Å². The van der Waals surface area contributed by atoms with Crippen LogP contribution >= 0.6 is 22.9 Å². The number of carbonyl (C=O) groups is 2. The van der Waals surface area contributed by atoms with Crippen LogP contribution in [0.25, 0.3) is 0 Å². The van der Waals surface area contributed by atoms with E-state index in [1.165, 1.54) is 24.1 Å². The van der Waals surface area contributed by atoms with Crippen molar-refractivity contribution in [3.05, 3.63) is 55.9 Å². The van der Waals surface area contributed by atoms with Crippen LogP contribution in [0.2, 0.25) is 0 Å². The van der Waals surface area contributed by atoms with Crippen molar-refractivity contribution >= 4 is 34.8 Å². The highest BCUT2D eigenvalue weighted by atomic mass is 35.5. The molecule has 3 rings (SSSR count). The molecule has 132 valence electrons.